The third-order valence-corrected chi connectivity index (χ3v) is 4.28. The zero-order valence-electron chi connectivity index (χ0n) is 15.7. The maximum absolute atomic E-state index is 5.42. The van der Waals surface area contributed by atoms with Crippen LogP contribution in [0.5, 0.6) is 11.5 Å². The molecule has 144 valence electrons. The molecule has 6 nitrogen and oxygen atoms in total. The van der Waals surface area contributed by atoms with Gasteiger partial charge in [-0.25, -0.2) is 4.99 Å². The molecule has 1 aromatic carbocycles. The molecule has 0 saturated carbocycles. The quantitative estimate of drug-likeness (QED) is 0.306. The summed E-state index contributed by atoms with van der Waals surface area (Å²) in [6, 6.07) is 3.81. The molecule has 0 aliphatic carbocycles. The van der Waals surface area contributed by atoms with Crippen LogP contribution in [0.2, 0.25) is 0 Å². The fourth-order valence-electron chi connectivity index (χ4n) is 1.89. The highest BCUT2D eigenvalue weighted by Gasteiger charge is 2.16. The highest BCUT2D eigenvalue weighted by Crippen LogP contribution is 2.33. The lowest BCUT2D eigenvalue weighted by Gasteiger charge is -2.24. The van der Waals surface area contributed by atoms with E-state index in [9.17, 15) is 0 Å². The summed E-state index contributed by atoms with van der Waals surface area (Å²) in [4.78, 5) is 4.63. The molecule has 0 unspecified atom stereocenters. The Kier molecular flexibility index (Phi) is 11.4. The molecule has 0 radical (unpaired) electrons. The Balaban J connectivity index is 0.00000576. The largest absolute Gasteiger partial charge is 0.493 e. The molecule has 0 bridgehead atoms. The minimum absolute atomic E-state index is 0. The molecule has 0 fully saturated rings. The molecule has 0 heterocycles. The second kappa shape index (κ2) is 11.8. The summed E-state index contributed by atoms with van der Waals surface area (Å²) in [7, 11) is 4.94. The van der Waals surface area contributed by atoms with Gasteiger partial charge in [-0.1, -0.05) is 15.9 Å². The van der Waals surface area contributed by atoms with Gasteiger partial charge in [0.25, 0.3) is 0 Å². The molecule has 1 aromatic rings. The number of hydrogen-bond donors (Lipinski definition) is 2. The third kappa shape index (κ3) is 8.00. The highest BCUT2D eigenvalue weighted by molar-refractivity contribution is 14.0. The lowest BCUT2D eigenvalue weighted by molar-refractivity contribution is 0.0268. The Morgan fingerprint density at radius 1 is 1.12 bits per heavy atom. The van der Waals surface area contributed by atoms with Crippen molar-refractivity contribution in [3.63, 3.8) is 0 Å². The van der Waals surface area contributed by atoms with Crippen LogP contribution in [0.4, 0.5) is 0 Å². The van der Waals surface area contributed by atoms with Crippen molar-refractivity contribution in [2.75, 3.05) is 34.4 Å². The van der Waals surface area contributed by atoms with E-state index in [1.807, 2.05) is 32.9 Å². The van der Waals surface area contributed by atoms with E-state index in [0.29, 0.717) is 24.6 Å². The number of hydrogen-bond acceptors (Lipinski definition) is 4. The van der Waals surface area contributed by atoms with Crippen molar-refractivity contribution in [3.05, 3.63) is 22.2 Å². The van der Waals surface area contributed by atoms with Gasteiger partial charge in [0, 0.05) is 24.7 Å². The van der Waals surface area contributed by atoms with Crippen LogP contribution in [0.3, 0.4) is 0 Å². The molecule has 0 amide bonds. The third-order valence-electron chi connectivity index (χ3n) is 3.54. The smallest absolute Gasteiger partial charge is 0.191 e. The van der Waals surface area contributed by atoms with Crippen LogP contribution in [-0.2, 0) is 11.3 Å². The van der Waals surface area contributed by atoms with Gasteiger partial charge in [-0.05, 0) is 38.5 Å². The number of halogens is 2. The van der Waals surface area contributed by atoms with Crippen LogP contribution < -0.4 is 20.1 Å². The van der Waals surface area contributed by atoms with E-state index >= 15 is 0 Å². The van der Waals surface area contributed by atoms with E-state index in [-0.39, 0.29) is 29.6 Å². The Labute approximate surface area is 176 Å². The van der Waals surface area contributed by atoms with Crippen molar-refractivity contribution in [3.8, 4) is 11.5 Å². The van der Waals surface area contributed by atoms with Crippen molar-refractivity contribution >= 4 is 45.9 Å². The van der Waals surface area contributed by atoms with Crippen molar-refractivity contribution in [2.45, 2.75) is 32.9 Å². The fraction of sp³-hybridized carbons (Fsp3) is 0.588. The van der Waals surface area contributed by atoms with Gasteiger partial charge in [-0.2, -0.15) is 0 Å². The lowest BCUT2D eigenvalue weighted by atomic mass is 10.1. The molecule has 0 aromatic heterocycles. The summed E-state index contributed by atoms with van der Waals surface area (Å²) in [5, 5.41) is 6.53. The fourth-order valence-corrected chi connectivity index (χ4v) is 2.34. The summed E-state index contributed by atoms with van der Waals surface area (Å²) >= 11 is 3.56. The molecular formula is C17H29BrIN3O3. The molecule has 0 aliphatic rings. The standard InChI is InChI=1S/C17H28BrN3O3.HI/c1-7-19-16(21-11-17(2,3)24-6)20-10-12-8-14(22-4)15(23-5)9-13(12)18;/h8-9H,7,10-11H2,1-6H3,(H2,19,20,21);1H. The number of methoxy groups -OCH3 is 3. The maximum atomic E-state index is 5.42. The zero-order valence-corrected chi connectivity index (χ0v) is 19.7. The number of nitrogens with zero attached hydrogens (tertiary/aromatic N) is 1. The van der Waals surface area contributed by atoms with Crippen molar-refractivity contribution in [2.24, 2.45) is 4.99 Å². The minimum Gasteiger partial charge on any atom is -0.493 e. The number of ether oxygens (including phenoxy) is 3. The van der Waals surface area contributed by atoms with Gasteiger partial charge in [0.1, 0.15) is 0 Å². The number of nitrogens with one attached hydrogen (secondary N) is 2. The summed E-state index contributed by atoms with van der Waals surface area (Å²) in [6.07, 6.45) is 0. The number of aliphatic imine (C=N–C) groups is 1. The van der Waals surface area contributed by atoms with Gasteiger partial charge in [0.15, 0.2) is 17.5 Å². The van der Waals surface area contributed by atoms with Gasteiger partial charge >= 0.3 is 0 Å². The van der Waals surface area contributed by atoms with E-state index in [4.69, 9.17) is 14.2 Å². The molecule has 0 spiro atoms. The van der Waals surface area contributed by atoms with Crippen LogP contribution in [0.15, 0.2) is 21.6 Å². The molecule has 0 atom stereocenters. The number of rotatable bonds is 8. The van der Waals surface area contributed by atoms with Gasteiger partial charge in [0.05, 0.1) is 26.4 Å². The number of guanidine groups is 1. The first kappa shape index (κ1) is 24.3. The van der Waals surface area contributed by atoms with Gasteiger partial charge in [-0.15, -0.1) is 24.0 Å². The van der Waals surface area contributed by atoms with Crippen LogP contribution in [0.1, 0.15) is 26.3 Å². The molecule has 2 N–H and O–H groups in total. The molecule has 8 heteroatoms. The predicted molar refractivity (Wildman–Crippen MR) is 117 cm³/mol. The molecule has 25 heavy (non-hydrogen) atoms. The highest BCUT2D eigenvalue weighted by atomic mass is 127. The SMILES string of the molecule is CCNC(=NCc1cc(OC)c(OC)cc1Br)NCC(C)(C)OC.I. The first-order valence-electron chi connectivity index (χ1n) is 7.84. The van der Waals surface area contributed by atoms with Crippen LogP contribution in [0, 0.1) is 0 Å². The van der Waals surface area contributed by atoms with E-state index in [1.54, 1.807) is 21.3 Å². The van der Waals surface area contributed by atoms with E-state index in [0.717, 1.165) is 22.5 Å². The van der Waals surface area contributed by atoms with Crippen molar-refractivity contribution < 1.29 is 14.2 Å². The van der Waals surface area contributed by atoms with Crippen molar-refractivity contribution in [1.82, 2.24) is 10.6 Å². The van der Waals surface area contributed by atoms with Crippen LogP contribution >= 0.6 is 39.9 Å². The van der Waals surface area contributed by atoms with Gasteiger partial charge in [0.2, 0.25) is 0 Å². The average molecular weight is 530 g/mol. The summed E-state index contributed by atoms with van der Waals surface area (Å²) in [5.41, 5.74) is 0.746. The van der Waals surface area contributed by atoms with Gasteiger partial charge in [-0.3, -0.25) is 0 Å². The Morgan fingerprint density at radius 3 is 2.24 bits per heavy atom. The second-order valence-corrected chi connectivity index (χ2v) is 6.67. The monoisotopic (exact) mass is 529 g/mol. The molecule has 0 aliphatic heterocycles. The normalized spacial score (nSPS) is 11.6. The Hall–Kier alpha value is -0.740. The van der Waals surface area contributed by atoms with Crippen molar-refractivity contribution in [1.29, 1.82) is 0 Å². The average Bonchev–Trinajstić information content (AvgIpc) is 2.57. The van der Waals surface area contributed by atoms with E-state index in [2.05, 4.69) is 31.6 Å². The lowest BCUT2D eigenvalue weighted by Crippen LogP contribution is -2.45. The summed E-state index contributed by atoms with van der Waals surface area (Å²) in [5.74, 6) is 2.11. The first-order chi connectivity index (χ1) is 11.4. The Bertz CT molecular complexity index is 568. The van der Waals surface area contributed by atoms with E-state index < -0.39 is 0 Å². The summed E-state index contributed by atoms with van der Waals surface area (Å²) in [6.45, 7) is 8.02. The molecule has 1 rings (SSSR count). The topological polar surface area (TPSA) is 64.1 Å². The molecule has 0 saturated heterocycles. The maximum Gasteiger partial charge on any atom is 0.191 e. The van der Waals surface area contributed by atoms with Crippen LogP contribution in [0.25, 0.3) is 0 Å². The molecular weight excluding hydrogens is 501 g/mol. The zero-order chi connectivity index (χ0) is 18.2. The van der Waals surface area contributed by atoms with E-state index in [1.165, 1.54) is 0 Å². The predicted octanol–water partition coefficient (Wildman–Crippen LogP) is 3.56. The summed E-state index contributed by atoms with van der Waals surface area (Å²) < 4.78 is 17.0. The second-order valence-electron chi connectivity index (χ2n) is 5.81. The minimum atomic E-state index is -0.264. The van der Waals surface area contributed by atoms with Crippen LogP contribution in [-0.4, -0.2) is 46.0 Å². The number of benzene rings is 1. The van der Waals surface area contributed by atoms with Gasteiger partial charge < -0.3 is 24.8 Å². The first-order valence-corrected chi connectivity index (χ1v) is 8.63. The Morgan fingerprint density at radius 2 is 1.72 bits per heavy atom.